The van der Waals surface area contributed by atoms with Gasteiger partial charge in [0, 0.05) is 11.6 Å². The number of aryl methyl sites for hydroxylation is 1. The number of nitrogen functional groups attached to an aromatic ring is 1. The van der Waals surface area contributed by atoms with Crippen molar-refractivity contribution in [3.8, 4) is 11.3 Å². The van der Waals surface area contributed by atoms with E-state index in [2.05, 4.69) is 0 Å². The number of aromatic nitrogens is 2. The lowest BCUT2D eigenvalue weighted by atomic mass is 10.1. The number of furan rings is 1. The van der Waals surface area contributed by atoms with Crippen molar-refractivity contribution in [3.05, 3.63) is 24.2 Å². The van der Waals surface area contributed by atoms with Crippen LogP contribution in [0.4, 0.5) is 5.82 Å². The van der Waals surface area contributed by atoms with Crippen LogP contribution in [0.25, 0.3) is 11.3 Å². The van der Waals surface area contributed by atoms with E-state index in [4.69, 9.17) is 15.2 Å². The van der Waals surface area contributed by atoms with Gasteiger partial charge < -0.3 is 10.2 Å². The van der Waals surface area contributed by atoms with Crippen LogP contribution in [0.5, 0.6) is 0 Å². The molecule has 0 aromatic carbocycles. The van der Waals surface area contributed by atoms with E-state index in [1.54, 1.807) is 6.26 Å². The number of hydrogen-bond acceptors (Lipinski definition) is 3. The van der Waals surface area contributed by atoms with Crippen molar-refractivity contribution >= 4 is 5.82 Å². The second-order valence-electron chi connectivity index (χ2n) is 5.43. The molecule has 1 aliphatic rings. The number of rotatable bonds is 2. The molecule has 0 amide bonds. The van der Waals surface area contributed by atoms with E-state index in [0.717, 1.165) is 22.8 Å². The van der Waals surface area contributed by atoms with Crippen molar-refractivity contribution < 1.29 is 4.42 Å². The highest BCUT2D eigenvalue weighted by Gasteiger charge is 2.19. The Morgan fingerprint density at radius 3 is 2.63 bits per heavy atom. The van der Waals surface area contributed by atoms with Crippen molar-refractivity contribution in [2.75, 3.05) is 5.73 Å². The van der Waals surface area contributed by atoms with Crippen LogP contribution >= 0.6 is 0 Å². The maximum absolute atomic E-state index is 6.15. The third-order valence-electron chi connectivity index (χ3n) is 4.07. The molecule has 3 rings (SSSR count). The number of nitrogens with two attached hydrogens (primary N) is 1. The maximum atomic E-state index is 6.15. The third-order valence-corrected chi connectivity index (χ3v) is 4.07. The Morgan fingerprint density at radius 2 is 2.00 bits per heavy atom. The molecule has 2 aromatic rings. The summed E-state index contributed by atoms with van der Waals surface area (Å²) in [5, 5.41) is 4.71. The predicted molar refractivity (Wildman–Crippen MR) is 75.8 cm³/mol. The Labute approximate surface area is 113 Å². The zero-order chi connectivity index (χ0) is 13.2. The van der Waals surface area contributed by atoms with Crippen molar-refractivity contribution in [1.29, 1.82) is 0 Å². The fraction of sp³-hybridized carbons (Fsp3) is 0.533. The Hall–Kier alpha value is -1.71. The first kappa shape index (κ1) is 12.3. The SMILES string of the molecule is Cc1occc1-c1cc(N)n(C2CCCCCC2)n1. The largest absolute Gasteiger partial charge is 0.469 e. The van der Waals surface area contributed by atoms with Gasteiger partial charge in [0.05, 0.1) is 18.0 Å². The molecule has 2 heterocycles. The maximum Gasteiger partial charge on any atom is 0.122 e. The van der Waals surface area contributed by atoms with E-state index in [0.29, 0.717) is 6.04 Å². The van der Waals surface area contributed by atoms with Gasteiger partial charge in [-0.1, -0.05) is 25.7 Å². The first-order valence-electron chi connectivity index (χ1n) is 7.15. The lowest BCUT2D eigenvalue weighted by Crippen LogP contribution is -2.12. The van der Waals surface area contributed by atoms with Crippen LogP contribution in [0.15, 0.2) is 22.8 Å². The second kappa shape index (κ2) is 5.11. The molecule has 19 heavy (non-hydrogen) atoms. The van der Waals surface area contributed by atoms with Gasteiger partial charge in [-0.3, -0.25) is 0 Å². The molecular formula is C15H21N3O. The summed E-state index contributed by atoms with van der Waals surface area (Å²) < 4.78 is 7.36. The van der Waals surface area contributed by atoms with Gasteiger partial charge in [-0.15, -0.1) is 0 Å². The van der Waals surface area contributed by atoms with E-state index in [1.807, 2.05) is 23.7 Å². The average molecular weight is 259 g/mol. The molecule has 0 radical (unpaired) electrons. The molecule has 1 saturated carbocycles. The van der Waals surface area contributed by atoms with E-state index >= 15 is 0 Å². The average Bonchev–Trinajstić information content (AvgIpc) is 2.87. The highest BCUT2D eigenvalue weighted by Crippen LogP contribution is 2.31. The van der Waals surface area contributed by atoms with Crippen LogP contribution in [-0.4, -0.2) is 9.78 Å². The summed E-state index contributed by atoms with van der Waals surface area (Å²) in [5.74, 6) is 1.66. The zero-order valence-electron chi connectivity index (χ0n) is 11.4. The van der Waals surface area contributed by atoms with E-state index in [9.17, 15) is 0 Å². The molecule has 1 fully saturated rings. The molecule has 0 spiro atoms. The lowest BCUT2D eigenvalue weighted by molar-refractivity contribution is 0.412. The van der Waals surface area contributed by atoms with Gasteiger partial charge in [0.2, 0.25) is 0 Å². The lowest BCUT2D eigenvalue weighted by Gasteiger charge is -2.16. The topological polar surface area (TPSA) is 57.0 Å². The minimum Gasteiger partial charge on any atom is -0.469 e. The summed E-state index contributed by atoms with van der Waals surface area (Å²) in [6.07, 6.45) is 9.32. The van der Waals surface area contributed by atoms with Crippen LogP contribution in [0.1, 0.15) is 50.3 Å². The zero-order valence-corrected chi connectivity index (χ0v) is 11.4. The van der Waals surface area contributed by atoms with Crippen LogP contribution < -0.4 is 5.73 Å². The minimum atomic E-state index is 0.462. The fourth-order valence-corrected chi connectivity index (χ4v) is 2.99. The van der Waals surface area contributed by atoms with Crippen LogP contribution in [0.3, 0.4) is 0 Å². The van der Waals surface area contributed by atoms with Crippen molar-refractivity contribution in [2.45, 2.75) is 51.5 Å². The Morgan fingerprint density at radius 1 is 1.26 bits per heavy atom. The normalized spacial score (nSPS) is 17.5. The van der Waals surface area contributed by atoms with E-state index in [-0.39, 0.29) is 0 Å². The van der Waals surface area contributed by atoms with Gasteiger partial charge >= 0.3 is 0 Å². The van der Waals surface area contributed by atoms with Crippen molar-refractivity contribution in [1.82, 2.24) is 9.78 Å². The van der Waals surface area contributed by atoms with E-state index in [1.165, 1.54) is 38.5 Å². The number of anilines is 1. The van der Waals surface area contributed by atoms with Crippen LogP contribution in [0, 0.1) is 6.92 Å². The predicted octanol–water partition coefficient (Wildman–Crippen LogP) is 3.93. The Balaban J connectivity index is 1.90. The first-order chi connectivity index (χ1) is 9.25. The monoisotopic (exact) mass is 259 g/mol. The molecule has 0 atom stereocenters. The highest BCUT2D eigenvalue weighted by molar-refractivity contribution is 5.63. The minimum absolute atomic E-state index is 0.462. The quantitative estimate of drug-likeness (QED) is 0.831. The van der Waals surface area contributed by atoms with Gasteiger partial charge in [-0.2, -0.15) is 5.10 Å². The summed E-state index contributed by atoms with van der Waals surface area (Å²) >= 11 is 0. The summed E-state index contributed by atoms with van der Waals surface area (Å²) in [6.45, 7) is 1.95. The molecule has 2 N–H and O–H groups in total. The Kier molecular flexibility index (Phi) is 3.32. The van der Waals surface area contributed by atoms with Crippen molar-refractivity contribution in [3.63, 3.8) is 0 Å². The molecular weight excluding hydrogens is 238 g/mol. The summed E-state index contributed by atoms with van der Waals surface area (Å²) in [5.41, 5.74) is 8.11. The standard InChI is InChI=1S/C15H21N3O/c1-11-13(8-9-19-11)14-10-15(16)18(17-14)12-6-4-2-3-5-7-12/h8-10,12H,2-7,16H2,1H3. The fourth-order valence-electron chi connectivity index (χ4n) is 2.99. The van der Waals surface area contributed by atoms with Gasteiger partial charge in [0.15, 0.2) is 0 Å². The molecule has 2 aromatic heterocycles. The number of hydrogen-bond donors (Lipinski definition) is 1. The number of nitrogens with zero attached hydrogens (tertiary/aromatic N) is 2. The highest BCUT2D eigenvalue weighted by atomic mass is 16.3. The Bertz CT molecular complexity index is 547. The molecule has 0 saturated heterocycles. The molecule has 0 aliphatic heterocycles. The summed E-state index contributed by atoms with van der Waals surface area (Å²) in [6, 6.07) is 4.38. The van der Waals surface area contributed by atoms with Gasteiger partial charge in [-0.05, 0) is 25.8 Å². The summed E-state index contributed by atoms with van der Waals surface area (Å²) in [4.78, 5) is 0. The van der Waals surface area contributed by atoms with Crippen molar-refractivity contribution in [2.24, 2.45) is 0 Å². The van der Waals surface area contributed by atoms with Crippen LogP contribution in [0.2, 0.25) is 0 Å². The van der Waals surface area contributed by atoms with Gasteiger partial charge in [0.1, 0.15) is 11.6 Å². The molecule has 4 heteroatoms. The second-order valence-corrected chi connectivity index (χ2v) is 5.43. The molecule has 4 nitrogen and oxygen atoms in total. The molecule has 102 valence electrons. The molecule has 0 bridgehead atoms. The third kappa shape index (κ3) is 2.39. The molecule has 0 unspecified atom stereocenters. The smallest absolute Gasteiger partial charge is 0.122 e. The summed E-state index contributed by atoms with van der Waals surface area (Å²) in [7, 11) is 0. The first-order valence-corrected chi connectivity index (χ1v) is 7.15. The van der Waals surface area contributed by atoms with Gasteiger partial charge in [-0.25, -0.2) is 4.68 Å². The van der Waals surface area contributed by atoms with Gasteiger partial charge in [0.25, 0.3) is 0 Å². The molecule has 1 aliphatic carbocycles. The van der Waals surface area contributed by atoms with E-state index < -0.39 is 0 Å². The van der Waals surface area contributed by atoms with Crippen LogP contribution in [-0.2, 0) is 0 Å².